The van der Waals surface area contributed by atoms with E-state index < -0.39 is 46.0 Å². The van der Waals surface area contributed by atoms with Crippen molar-refractivity contribution >= 4 is 45.3 Å². The molecule has 0 saturated heterocycles. The van der Waals surface area contributed by atoms with Gasteiger partial charge in [-0.3, -0.25) is 14.1 Å². The van der Waals surface area contributed by atoms with Gasteiger partial charge in [-0.15, -0.1) is 11.3 Å². The molecule has 1 unspecified atom stereocenters. The van der Waals surface area contributed by atoms with Gasteiger partial charge < -0.3 is 20.1 Å². The second-order valence-electron chi connectivity index (χ2n) is 10.3. The lowest BCUT2D eigenvalue weighted by Crippen LogP contribution is -2.43. The van der Waals surface area contributed by atoms with Crippen LogP contribution in [0.4, 0.5) is 10.5 Å². The predicted molar refractivity (Wildman–Crippen MR) is 157 cm³/mol. The van der Waals surface area contributed by atoms with Gasteiger partial charge in [0.25, 0.3) is 0 Å². The van der Waals surface area contributed by atoms with Crippen molar-refractivity contribution in [1.82, 2.24) is 15.6 Å². The maximum absolute atomic E-state index is 12.8. The molecule has 4 N–H and O–H groups in total. The first kappa shape index (κ1) is 32.5. The Balaban J connectivity index is 1.71. The number of hydrogen-bond donors (Lipinski definition) is 4. The summed E-state index contributed by atoms with van der Waals surface area (Å²) in [6, 6.07) is 13.9. The quantitative estimate of drug-likeness (QED) is 0.175. The maximum Gasteiger partial charge on any atom is 0.408 e. The van der Waals surface area contributed by atoms with Gasteiger partial charge in [0, 0.05) is 18.2 Å². The van der Waals surface area contributed by atoms with Gasteiger partial charge in [-0.05, 0) is 44.0 Å². The summed E-state index contributed by atoms with van der Waals surface area (Å²) in [7, 11) is -3.18. The predicted octanol–water partition coefficient (Wildman–Crippen LogP) is 3.61. The zero-order chi connectivity index (χ0) is 30.9. The highest BCUT2D eigenvalue weighted by molar-refractivity contribution is 7.87. The standard InChI is InChI=1S/C28H34N4O8S2/c1-28(2,3)40-27(35)31-22(19-10-12-20(13-11-19)32-42(36,37)38)16-25-29-21(17-41-25)15-24(33)30-23(26(34)39-4)14-18-8-6-5-7-9-18/h5-13,17,22-23,32H,14-16H2,1-4H3,(H,30,33)(H,31,35)(H,36,37,38)/t22?,23-/m0/s1. The lowest BCUT2D eigenvalue weighted by molar-refractivity contribution is -0.145. The van der Waals surface area contributed by atoms with Crippen molar-refractivity contribution in [3.63, 3.8) is 0 Å². The topological polar surface area (TPSA) is 173 Å². The van der Waals surface area contributed by atoms with Crippen LogP contribution in [-0.4, -0.2) is 54.7 Å². The number of carbonyl (C=O) groups is 3. The van der Waals surface area contributed by atoms with E-state index in [1.807, 2.05) is 35.1 Å². The van der Waals surface area contributed by atoms with Crippen LogP contribution < -0.4 is 15.4 Å². The van der Waals surface area contributed by atoms with Crippen LogP contribution in [0.15, 0.2) is 60.0 Å². The number of thiazole rings is 1. The van der Waals surface area contributed by atoms with Crippen LogP contribution in [0, 0.1) is 0 Å². The minimum absolute atomic E-state index is 0.0705. The molecule has 0 radical (unpaired) electrons. The minimum Gasteiger partial charge on any atom is -0.467 e. The second kappa shape index (κ2) is 14.2. The molecule has 0 aliphatic heterocycles. The number of hydrogen-bond acceptors (Lipinski definition) is 9. The highest BCUT2D eigenvalue weighted by atomic mass is 32.2. The first-order chi connectivity index (χ1) is 19.7. The molecule has 0 aliphatic carbocycles. The number of nitrogens with zero attached hydrogens (tertiary/aromatic N) is 1. The van der Waals surface area contributed by atoms with E-state index in [0.29, 0.717) is 16.3 Å². The van der Waals surface area contributed by atoms with Crippen LogP contribution in [-0.2, 0) is 48.6 Å². The Hall–Kier alpha value is -4.01. The molecule has 0 aliphatic rings. The van der Waals surface area contributed by atoms with Crippen molar-refractivity contribution in [2.24, 2.45) is 0 Å². The summed E-state index contributed by atoms with van der Waals surface area (Å²) in [6.45, 7) is 5.21. The highest BCUT2D eigenvalue weighted by Crippen LogP contribution is 2.24. The lowest BCUT2D eigenvalue weighted by atomic mass is 10.0. The monoisotopic (exact) mass is 618 g/mol. The van der Waals surface area contributed by atoms with Crippen molar-refractivity contribution in [2.45, 2.75) is 57.7 Å². The molecule has 0 bridgehead atoms. The molecule has 3 rings (SSSR count). The molecule has 2 atom stereocenters. The summed E-state index contributed by atoms with van der Waals surface area (Å²) in [6.07, 6.45) is -0.206. The Morgan fingerprint density at radius 2 is 1.67 bits per heavy atom. The minimum atomic E-state index is -4.44. The first-order valence-corrected chi connectivity index (χ1v) is 15.2. The van der Waals surface area contributed by atoms with Gasteiger partial charge in [0.15, 0.2) is 0 Å². The fraction of sp³-hybridized carbons (Fsp3) is 0.357. The van der Waals surface area contributed by atoms with Crippen molar-refractivity contribution in [2.75, 3.05) is 11.8 Å². The molecular formula is C28H34N4O8S2. The molecule has 12 nitrogen and oxygen atoms in total. The number of amides is 2. The van der Waals surface area contributed by atoms with Gasteiger partial charge in [-0.2, -0.15) is 8.42 Å². The van der Waals surface area contributed by atoms with E-state index in [2.05, 4.69) is 15.6 Å². The number of benzene rings is 2. The van der Waals surface area contributed by atoms with E-state index in [1.54, 1.807) is 38.3 Å². The number of carbonyl (C=O) groups excluding carboxylic acids is 3. The summed E-state index contributed by atoms with van der Waals surface area (Å²) in [5.41, 5.74) is 1.38. The fourth-order valence-corrected chi connectivity index (χ4v) is 5.20. The highest BCUT2D eigenvalue weighted by Gasteiger charge is 2.24. The van der Waals surface area contributed by atoms with E-state index >= 15 is 0 Å². The van der Waals surface area contributed by atoms with Gasteiger partial charge in [-0.25, -0.2) is 14.6 Å². The summed E-state index contributed by atoms with van der Waals surface area (Å²) < 4.78 is 43.5. The zero-order valence-electron chi connectivity index (χ0n) is 23.6. The average molecular weight is 619 g/mol. The number of aromatic nitrogens is 1. The Kier molecular flexibility index (Phi) is 11.0. The molecule has 226 valence electrons. The van der Waals surface area contributed by atoms with Crippen LogP contribution in [0.2, 0.25) is 0 Å². The second-order valence-corrected chi connectivity index (χ2v) is 12.4. The molecule has 0 fully saturated rings. The molecule has 0 spiro atoms. The number of ether oxygens (including phenoxy) is 2. The summed E-state index contributed by atoms with van der Waals surface area (Å²) in [5, 5.41) is 7.88. The van der Waals surface area contributed by atoms with Crippen LogP contribution in [0.25, 0.3) is 0 Å². The van der Waals surface area contributed by atoms with Crippen molar-refractivity contribution in [3.8, 4) is 0 Å². The van der Waals surface area contributed by atoms with Crippen LogP contribution >= 0.6 is 11.3 Å². The van der Waals surface area contributed by atoms with Crippen molar-refractivity contribution < 1.29 is 36.8 Å². The summed E-state index contributed by atoms with van der Waals surface area (Å²) in [4.78, 5) is 42.2. The van der Waals surface area contributed by atoms with E-state index in [9.17, 15) is 22.8 Å². The number of anilines is 1. The molecule has 3 aromatic rings. The smallest absolute Gasteiger partial charge is 0.408 e. The molecule has 1 heterocycles. The normalized spacial score (nSPS) is 13.0. The number of methoxy groups -OCH3 is 1. The van der Waals surface area contributed by atoms with E-state index in [4.69, 9.17) is 14.0 Å². The van der Waals surface area contributed by atoms with E-state index in [0.717, 1.165) is 5.56 Å². The van der Waals surface area contributed by atoms with Gasteiger partial charge in [0.2, 0.25) is 5.91 Å². The van der Waals surface area contributed by atoms with Crippen molar-refractivity contribution in [1.29, 1.82) is 0 Å². The molecule has 0 saturated carbocycles. The Morgan fingerprint density at radius 3 is 2.26 bits per heavy atom. The fourth-order valence-electron chi connectivity index (χ4n) is 3.93. The third-order valence-corrected chi connectivity index (χ3v) is 7.09. The first-order valence-electron chi connectivity index (χ1n) is 12.9. The third kappa shape index (κ3) is 11.1. The van der Waals surface area contributed by atoms with Gasteiger partial charge in [0.05, 0.1) is 36.0 Å². The Bertz CT molecular complexity index is 1470. The Labute approximate surface area is 248 Å². The summed E-state index contributed by atoms with van der Waals surface area (Å²) >= 11 is 1.30. The number of rotatable bonds is 12. The van der Waals surface area contributed by atoms with Gasteiger partial charge in [0.1, 0.15) is 11.6 Å². The van der Waals surface area contributed by atoms with Gasteiger partial charge in [-0.1, -0.05) is 42.5 Å². The molecule has 1 aromatic heterocycles. The van der Waals surface area contributed by atoms with Crippen LogP contribution in [0.1, 0.15) is 48.6 Å². The SMILES string of the molecule is COC(=O)[C@H](Cc1ccccc1)NC(=O)Cc1csc(CC(NC(=O)OC(C)(C)C)c2ccc(NS(=O)(=O)O)cc2)n1. The van der Waals surface area contributed by atoms with E-state index in [-0.39, 0.29) is 24.9 Å². The molecular weight excluding hydrogens is 584 g/mol. The van der Waals surface area contributed by atoms with Crippen molar-refractivity contribution in [3.05, 3.63) is 81.8 Å². The third-order valence-electron chi connectivity index (χ3n) is 5.67. The van der Waals surface area contributed by atoms with Crippen LogP contribution in [0.3, 0.4) is 0 Å². The number of nitrogens with one attached hydrogen (secondary N) is 3. The largest absolute Gasteiger partial charge is 0.467 e. The van der Waals surface area contributed by atoms with E-state index in [1.165, 1.54) is 30.6 Å². The van der Waals surface area contributed by atoms with Gasteiger partial charge >= 0.3 is 22.4 Å². The zero-order valence-corrected chi connectivity index (χ0v) is 25.3. The lowest BCUT2D eigenvalue weighted by Gasteiger charge is -2.23. The molecule has 14 heteroatoms. The summed E-state index contributed by atoms with van der Waals surface area (Å²) in [5.74, 6) is -0.955. The maximum atomic E-state index is 12.8. The molecule has 42 heavy (non-hydrogen) atoms. The number of alkyl carbamates (subject to hydrolysis) is 1. The molecule has 2 aromatic carbocycles. The molecule has 2 amide bonds. The number of esters is 1. The average Bonchev–Trinajstić information content (AvgIpc) is 3.33. The van der Waals surface area contributed by atoms with Crippen LogP contribution in [0.5, 0.6) is 0 Å². The Morgan fingerprint density at radius 1 is 1.00 bits per heavy atom.